The number of hydrogen-bond donors (Lipinski definition) is 1. The van der Waals surface area contributed by atoms with Crippen molar-refractivity contribution in [2.75, 3.05) is 0 Å². The van der Waals surface area contributed by atoms with Crippen molar-refractivity contribution < 1.29 is 9.36 Å². The van der Waals surface area contributed by atoms with Crippen molar-refractivity contribution in [1.82, 2.24) is 4.57 Å². The molecule has 4 nitrogen and oxygen atoms in total. The predicted molar refractivity (Wildman–Crippen MR) is 110 cm³/mol. The Morgan fingerprint density at radius 3 is 2.07 bits per heavy atom. The second-order valence-corrected chi connectivity index (χ2v) is 7.93. The lowest BCUT2D eigenvalue weighted by atomic mass is 9.64. The lowest BCUT2D eigenvalue weighted by molar-refractivity contribution is -0.677. The van der Waals surface area contributed by atoms with Crippen molar-refractivity contribution in [3.8, 4) is 0 Å². The van der Waals surface area contributed by atoms with Gasteiger partial charge in [-0.3, -0.25) is 4.79 Å². The first-order valence-corrected chi connectivity index (χ1v) is 9.99. The number of amides is 1. The summed E-state index contributed by atoms with van der Waals surface area (Å²) in [6, 6.07) is 20.5. The van der Waals surface area contributed by atoms with E-state index in [1.165, 1.54) is 5.82 Å². The van der Waals surface area contributed by atoms with E-state index in [4.69, 9.17) is 5.73 Å². The molecule has 1 fully saturated rings. The molecule has 144 valence electrons. The number of benzene rings is 2. The maximum Gasteiger partial charge on any atom is 0.253 e. The molecule has 0 aliphatic heterocycles. The quantitative estimate of drug-likeness (QED) is 0.684. The summed E-state index contributed by atoms with van der Waals surface area (Å²) in [5.41, 5.74) is 7.37. The molecular formula is C24H28N3O+. The van der Waals surface area contributed by atoms with E-state index in [0.717, 1.165) is 30.4 Å². The summed E-state index contributed by atoms with van der Waals surface area (Å²) in [5.74, 6) is 1.13. The molecule has 2 atom stereocenters. The third-order valence-corrected chi connectivity index (χ3v) is 6.59. The van der Waals surface area contributed by atoms with Gasteiger partial charge in [0, 0.05) is 6.92 Å². The van der Waals surface area contributed by atoms with E-state index < -0.39 is 5.41 Å². The fraction of sp³-hybridized carbons (Fsp3) is 0.333. The summed E-state index contributed by atoms with van der Waals surface area (Å²) in [7, 11) is 2.07. The lowest BCUT2D eigenvalue weighted by Crippen LogP contribution is -2.47. The molecule has 2 N–H and O–H groups in total. The first-order chi connectivity index (χ1) is 13.5. The van der Waals surface area contributed by atoms with E-state index in [1.807, 2.05) is 60.7 Å². The molecule has 4 rings (SSSR count). The molecule has 0 bridgehead atoms. The molecule has 1 amide bonds. The number of imidazole rings is 1. The van der Waals surface area contributed by atoms with Crippen LogP contribution in [0.1, 0.15) is 42.3 Å². The molecule has 0 spiro atoms. The number of primary amides is 1. The standard InChI is InChI=1S/C24H27N3O/c1-18-26(2)15-16-27(18)22-14-13-21(17-22)24(23(25)28,19-9-5-3-6-10-19)20-11-7-4-8-12-20/h3-12,15-16,21-22H,13-14,17H2,1-2H3,(H-,25,28)/p+1/t21-,22+/m1/s1. The van der Waals surface area contributed by atoms with E-state index in [2.05, 4.69) is 35.5 Å². The van der Waals surface area contributed by atoms with Crippen LogP contribution in [0.4, 0.5) is 0 Å². The molecule has 0 radical (unpaired) electrons. The minimum absolute atomic E-state index is 0.159. The minimum Gasteiger partial charge on any atom is -0.369 e. The van der Waals surface area contributed by atoms with Gasteiger partial charge >= 0.3 is 0 Å². The number of carbonyl (C=O) groups is 1. The van der Waals surface area contributed by atoms with Gasteiger partial charge in [-0.25, -0.2) is 9.13 Å². The van der Waals surface area contributed by atoms with Gasteiger partial charge in [0.1, 0.15) is 23.9 Å². The number of nitrogens with two attached hydrogens (primary N) is 1. The van der Waals surface area contributed by atoms with E-state index in [9.17, 15) is 4.79 Å². The van der Waals surface area contributed by atoms with Crippen molar-refractivity contribution in [3.63, 3.8) is 0 Å². The van der Waals surface area contributed by atoms with Crippen LogP contribution in [0.25, 0.3) is 0 Å². The highest BCUT2D eigenvalue weighted by atomic mass is 16.1. The Labute approximate surface area is 166 Å². The van der Waals surface area contributed by atoms with E-state index in [-0.39, 0.29) is 11.8 Å². The molecule has 1 heterocycles. The zero-order chi connectivity index (χ0) is 19.7. The van der Waals surface area contributed by atoms with Gasteiger partial charge in [-0.05, 0) is 36.3 Å². The monoisotopic (exact) mass is 374 g/mol. The van der Waals surface area contributed by atoms with Gasteiger partial charge in [0.2, 0.25) is 5.91 Å². The van der Waals surface area contributed by atoms with Crippen molar-refractivity contribution in [2.45, 2.75) is 37.6 Å². The van der Waals surface area contributed by atoms with E-state index >= 15 is 0 Å². The second-order valence-electron chi connectivity index (χ2n) is 7.93. The third kappa shape index (κ3) is 2.84. The topological polar surface area (TPSA) is 51.9 Å². The number of carbonyl (C=O) groups excluding carboxylic acids is 1. The predicted octanol–water partition coefficient (Wildman–Crippen LogP) is 3.43. The van der Waals surface area contributed by atoms with Crippen LogP contribution >= 0.6 is 0 Å². The first-order valence-electron chi connectivity index (χ1n) is 9.99. The highest BCUT2D eigenvalue weighted by molar-refractivity contribution is 5.91. The lowest BCUT2D eigenvalue weighted by Gasteiger charge is -2.37. The molecule has 4 heteroatoms. The van der Waals surface area contributed by atoms with Gasteiger partial charge in [0.05, 0.1) is 7.05 Å². The number of nitrogens with zero attached hydrogens (tertiary/aromatic N) is 2. The number of hydrogen-bond acceptors (Lipinski definition) is 1. The van der Waals surface area contributed by atoms with Crippen LogP contribution in [-0.2, 0) is 17.3 Å². The maximum atomic E-state index is 13.1. The van der Waals surface area contributed by atoms with Gasteiger partial charge in [-0.2, -0.15) is 0 Å². The van der Waals surface area contributed by atoms with Crippen molar-refractivity contribution in [2.24, 2.45) is 18.7 Å². The fourth-order valence-corrected chi connectivity index (χ4v) is 5.09. The molecule has 1 aliphatic carbocycles. The van der Waals surface area contributed by atoms with E-state index in [1.54, 1.807) is 0 Å². The Morgan fingerprint density at radius 2 is 1.61 bits per heavy atom. The molecule has 1 aliphatic rings. The Bertz CT molecular complexity index is 923. The van der Waals surface area contributed by atoms with Gasteiger partial charge < -0.3 is 5.73 Å². The zero-order valence-corrected chi connectivity index (χ0v) is 16.6. The maximum absolute atomic E-state index is 13.1. The fourth-order valence-electron chi connectivity index (χ4n) is 5.09. The smallest absolute Gasteiger partial charge is 0.253 e. The third-order valence-electron chi connectivity index (χ3n) is 6.59. The molecule has 3 aromatic rings. The SMILES string of the molecule is Cc1n([C@H]2CC[C@@H](C(C(N)=O)(c3ccccc3)c3ccccc3)C2)cc[n+]1C. The minimum atomic E-state index is -0.805. The molecular weight excluding hydrogens is 346 g/mol. The summed E-state index contributed by atoms with van der Waals surface area (Å²) >= 11 is 0. The Morgan fingerprint density at radius 1 is 1.04 bits per heavy atom. The average molecular weight is 375 g/mol. The Balaban J connectivity index is 1.81. The van der Waals surface area contributed by atoms with Crippen LogP contribution < -0.4 is 10.3 Å². The van der Waals surface area contributed by atoms with Crippen LogP contribution in [0.2, 0.25) is 0 Å². The molecule has 0 saturated heterocycles. The molecule has 28 heavy (non-hydrogen) atoms. The number of aryl methyl sites for hydroxylation is 1. The second kappa shape index (κ2) is 7.27. The first kappa shape index (κ1) is 18.5. The normalized spacial score (nSPS) is 19.6. The van der Waals surface area contributed by atoms with Crippen molar-refractivity contribution in [1.29, 1.82) is 0 Å². The number of aromatic nitrogens is 2. The number of rotatable bonds is 5. The van der Waals surface area contributed by atoms with Crippen LogP contribution in [0, 0.1) is 12.8 Å². The van der Waals surface area contributed by atoms with E-state index in [0.29, 0.717) is 6.04 Å². The largest absolute Gasteiger partial charge is 0.369 e. The average Bonchev–Trinajstić information content (AvgIpc) is 3.32. The van der Waals surface area contributed by atoms with Crippen LogP contribution in [-0.4, -0.2) is 10.5 Å². The van der Waals surface area contributed by atoms with Crippen molar-refractivity contribution >= 4 is 5.91 Å². The summed E-state index contributed by atoms with van der Waals surface area (Å²) in [6.07, 6.45) is 7.20. The Hall–Kier alpha value is -2.88. The van der Waals surface area contributed by atoms with Gasteiger partial charge in [0.25, 0.3) is 5.82 Å². The molecule has 2 aromatic carbocycles. The van der Waals surface area contributed by atoms with Gasteiger partial charge in [-0.15, -0.1) is 0 Å². The van der Waals surface area contributed by atoms with Crippen LogP contribution in [0.5, 0.6) is 0 Å². The highest BCUT2D eigenvalue weighted by Crippen LogP contribution is 2.49. The molecule has 0 unspecified atom stereocenters. The van der Waals surface area contributed by atoms with Crippen molar-refractivity contribution in [3.05, 3.63) is 90.0 Å². The summed E-state index contributed by atoms with van der Waals surface area (Å²) in [5, 5.41) is 0. The van der Waals surface area contributed by atoms with Gasteiger partial charge in [0.15, 0.2) is 0 Å². The van der Waals surface area contributed by atoms with Gasteiger partial charge in [-0.1, -0.05) is 60.7 Å². The van der Waals surface area contributed by atoms with Crippen LogP contribution in [0.3, 0.4) is 0 Å². The molecule has 1 saturated carbocycles. The summed E-state index contributed by atoms with van der Waals surface area (Å²) < 4.78 is 4.49. The summed E-state index contributed by atoms with van der Waals surface area (Å²) in [6.45, 7) is 2.14. The molecule has 1 aromatic heterocycles. The van der Waals surface area contributed by atoms with Crippen LogP contribution in [0.15, 0.2) is 73.1 Å². The zero-order valence-electron chi connectivity index (χ0n) is 16.6. The summed E-state index contributed by atoms with van der Waals surface area (Å²) in [4.78, 5) is 13.1. The Kier molecular flexibility index (Phi) is 4.80. The highest BCUT2D eigenvalue weighted by Gasteiger charge is 2.51.